The molecule has 30 heavy (non-hydrogen) atoms. The maximum absolute atomic E-state index is 10.4. The number of aromatic nitrogens is 3. The number of hydrogen-bond donors (Lipinski definition) is 2. The second-order valence-electron chi connectivity index (χ2n) is 5.74. The number of non-ortho nitro benzene ring substituents is 1. The zero-order valence-electron chi connectivity index (χ0n) is 17.2. The molecule has 1 heterocycles. The Bertz CT molecular complexity index is 866. The summed E-state index contributed by atoms with van der Waals surface area (Å²) < 4.78 is 15.1. The standard InChI is InChI=1S/C8H14ClN5.C8H10NO5PS/c1-4-10-7-12-6(9)13-8(14-7)11-5(2)3;1-12-15(16,13-2)14-8-5-3-7(4-6-8)9(10)11/h5H,4H2,1-3H3,(H2,10,11,12,13,14);3-6H,1-2H3. The molecule has 0 aliphatic rings. The second-order valence-corrected chi connectivity index (χ2v) is 9.22. The van der Waals surface area contributed by atoms with Gasteiger partial charge in [-0.2, -0.15) is 15.0 Å². The smallest absolute Gasteiger partial charge is 0.380 e. The van der Waals surface area contributed by atoms with Crippen LogP contribution in [0.3, 0.4) is 0 Å². The zero-order valence-corrected chi connectivity index (χ0v) is 19.6. The predicted molar refractivity (Wildman–Crippen MR) is 120 cm³/mol. The Hall–Kier alpha value is -2.11. The van der Waals surface area contributed by atoms with Crippen molar-refractivity contribution in [3.8, 4) is 5.75 Å². The fourth-order valence-electron chi connectivity index (χ4n) is 1.82. The minimum absolute atomic E-state index is 0.0181. The molecule has 0 saturated heterocycles. The van der Waals surface area contributed by atoms with E-state index in [9.17, 15) is 10.1 Å². The first kappa shape index (κ1) is 25.9. The van der Waals surface area contributed by atoms with Gasteiger partial charge in [0.2, 0.25) is 17.2 Å². The molecule has 1 aromatic heterocycles. The molecule has 0 aliphatic heterocycles. The van der Waals surface area contributed by atoms with Crippen molar-refractivity contribution in [3.63, 3.8) is 0 Å². The third-order valence-corrected chi connectivity index (χ3v) is 5.69. The molecule has 0 fully saturated rings. The van der Waals surface area contributed by atoms with Crippen LogP contribution in [0.25, 0.3) is 0 Å². The molecule has 0 spiro atoms. The number of nitro groups is 1. The van der Waals surface area contributed by atoms with Crippen LogP contribution in [-0.4, -0.2) is 46.7 Å². The predicted octanol–water partition coefficient (Wildman–Crippen LogP) is 4.27. The number of benzene rings is 1. The maximum Gasteiger partial charge on any atom is 0.380 e. The summed E-state index contributed by atoms with van der Waals surface area (Å²) >= 11 is 10.7. The van der Waals surface area contributed by atoms with Gasteiger partial charge in [-0.1, -0.05) is 0 Å². The normalized spacial score (nSPS) is 10.8. The molecule has 2 rings (SSSR count). The number of anilines is 2. The van der Waals surface area contributed by atoms with Crippen LogP contribution in [0, 0.1) is 10.1 Å². The average molecular weight is 479 g/mol. The summed E-state index contributed by atoms with van der Waals surface area (Å²) in [5.41, 5.74) is -0.0181. The molecule has 0 atom stereocenters. The van der Waals surface area contributed by atoms with Crippen molar-refractivity contribution in [3.05, 3.63) is 39.7 Å². The number of halogens is 1. The van der Waals surface area contributed by atoms with Gasteiger partial charge in [-0.05, 0) is 44.5 Å². The van der Waals surface area contributed by atoms with Crippen molar-refractivity contribution in [1.82, 2.24) is 15.0 Å². The second kappa shape index (κ2) is 12.6. The lowest BCUT2D eigenvalue weighted by Crippen LogP contribution is -2.14. The van der Waals surface area contributed by atoms with Crippen molar-refractivity contribution in [1.29, 1.82) is 0 Å². The Morgan fingerprint density at radius 3 is 2.20 bits per heavy atom. The van der Waals surface area contributed by atoms with Crippen LogP contribution in [0.2, 0.25) is 5.28 Å². The highest BCUT2D eigenvalue weighted by Crippen LogP contribution is 2.48. The Morgan fingerprint density at radius 1 is 1.17 bits per heavy atom. The quantitative estimate of drug-likeness (QED) is 0.304. The Balaban J connectivity index is 0.000000303. The SMILES string of the molecule is CCNc1nc(Cl)nc(NC(C)C)n1.COP(=S)(OC)Oc1ccc([N+](=O)[O-])cc1. The van der Waals surface area contributed by atoms with Crippen molar-refractivity contribution in [2.75, 3.05) is 31.4 Å². The summed E-state index contributed by atoms with van der Waals surface area (Å²) in [6.07, 6.45) is 0. The van der Waals surface area contributed by atoms with Crippen LogP contribution in [0.4, 0.5) is 17.6 Å². The van der Waals surface area contributed by atoms with Crippen LogP contribution in [0.1, 0.15) is 20.8 Å². The van der Waals surface area contributed by atoms with Crippen LogP contribution in [-0.2, 0) is 20.9 Å². The highest BCUT2D eigenvalue weighted by atomic mass is 35.5. The molecule has 0 saturated carbocycles. The Labute approximate surface area is 184 Å². The first-order valence-electron chi connectivity index (χ1n) is 8.70. The summed E-state index contributed by atoms with van der Waals surface area (Å²) in [6.45, 7) is 3.95. The molecule has 0 amide bonds. The monoisotopic (exact) mass is 478 g/mol. The lowest BCUT2D eigenvalue weighted by Gasteiger charge is -2.17. The Morgan fingerprint density at radius 2 is 1.73 bits per heavy atom. The molecule has 2 N–H and O–H groups in total. The molecule has 1 aromatic carbocycles. The van der Waals surface area contributed by atoms with Gasteiger partial charge in [-0.15, -0.1) is 0 Å². The molecule has 14 heteroatoms. The molecule has 0 aliphatic carbocycles. The number of nitrogens with zero attached hydrogens (tertiary/aromatic N) is 4. The van der Waals surface area contributed by atoms with Gasteiger partial charge in [0.15, 0.2) is 0 Å². The van der Waals surface area contributed by atoms with Crippen LogP contribution in [0.15, 0.2) is 24.3 Å². The fraction of sp³-hybridized carbons (Fsp3) is 0.438. The molecule has 166 valence electrons. The van der Waals surface area contributed by atoms with E-state index in [0.717, 1.165) is 6.54 Å². The third kappa shape index (κ3) is 9.14. The van der Waals surface area contributed by atoms with Gasteiger partial charge in [-0.3, -0.25) is 10.1 Å². The molecule has 11 nitrogen and oxygen atoms in total. The maximum atomic E-state index is 10.4. The van der Waals surface area contributed by atoms with E-state index < -0.39 is 11.6 Å². The van der Waals surface area contributed by atoms with E-state index >= 15 is 0 Å². The van der Waals surface area contributed by atoms with Gasteiger partial charge >= 0.3 is 6.72 Å². The van der Waals surface area contributed by atoms with Gasteiger partial charge in [0.1, 0.15) is 5.75 Å². The van der Waals surface area contributed by atoms with Crippen molar-refractivity contribution >= 4 is 47.7 Å². The average Bonchev–Trinajstić information content (AvgIpc) is 2.68. The van der Waals surface area contributed by atoms with Gasteiger partial charge in [-0.25, -0.2) is 0 Å². The lowest BCUT2D eigenvalue weighted by atomic mass is 10.3. The lowest BCUT2D eigenvalue weighted by molar-refractivity contribution is -0.384. The summed E-state index contributed by atoms with van der Waals surface area (Å²) in [4.78, 5) is 21.9. The molecular weight excluding hydrogens is 455 g/mol. The first-order valence-corrected chi connectivity index (χ1v) is 11.6. The number of nitro benzene ring substituents is 1. The molecular formula is C16H24ClN6O5PS. The summed E-state index contributed by atoms with van der Waals surface area (Å²) in [5, 5.41) is 16.6. The topological polar surface area (TPSA) is 134 Å². The van der Waals surface area contributed by atoms with E-state index in [1.54, 1.807) is 0 Å². The van der Waals surface area contributed by atoms with E-state index in [4.69, 9.17) is 37.0 Å². The zero-order chi connectivity index (χ0) is 22.7. The summed E-state index contributed by atoms with van der Waals surface area (Å²) in [6, 6.07) is 5.79. The van der Waals surface area contributed by atoms with Gasteiger partial charge in [0.25, 0.3) is 5.69 Å². The van der Waals surface area contributed by atoms with Crippen LogP contribution in [0.5, 0.6) is 5.75 Å². The van der Waals surface area contributed by atoms with Crippen LogP contribution >= 0.6 is 18.3 Å². The number of nitrogens with one attached hydrogen (secondary N) is 2. The van der Waals surface area contributed by atoms with E-state index in [0.29, 0.717) is 17.6 Å². The minimum atomic E-state index is -2.78. The van der Waals surface area contributed by atoms with Crippen molar-refractivity contribution in [2.24, 2.45) is 0 Å². The highest BCUT2D eigenvalue weighted by Gasteiger charge is 2.18. The minimum Gasteiger partial charge on any atom is -0.424 e. The summed E-state index contributed by atoms with van der Waals surface area (Å²) in [5.74, 6) is 1.37. The van der Waals surface area contributed by atoms with Crippen molar-refractivity contribution < 1.29 is 18.5 Å². The van der Waals surface area contributed by atoms with Gasteiger partial charge in [0, 0.05) is 50.7 Å². The van der Waals surface area contributed by atoms with Crippen LogP contribution < -0.4 is 15.2 Å². The van der Waals surface area contributed by atoms with Gasteiger partial charge < -0.3 is 24.2 Å². The van der Waals surface area contributed by atoms with E-state index in [1.165, 1.54) is 38.5 Å². The van der Waals surface area contributed by atoms with E-state index in [2.05, 4.69) is 25.6 Å². The highest BCUT2D eigenvalue weighted by molar-refractivity contribution is 8.07. The van der Waals surface area contributed by atoms with E-state index in [1.807, 2.05) is 20.8 Å². The van der Waals surface area contributed by atoms with E-state index in [-0.39, 0.29) is 17.0 Å². The molecule has 0 bridgehead atoms. The largest absolute Gasteiger partial charge is 0.424 e. The number of hydrogen-bond acceptors (Lipinski definition) is 11. The number of rotatable bonds is 9. The van der Waals surface area contributed by atoms with Crippen molar-refractivity contribution in [2.45, 2.75) is 26.8 Å². The third-order valence-electron chi connectivity index (χ3n) is 3.07. The summed E-state index contributed by atoms with van der Waals surface area (Å²) in [7, 11) is 2.77. The molecule has 0 unspecified atom stereocenters. The Kier molecular flexibility index (Phi) is 10.8. The first-order chi connectivity index (χ1) is 14.1. The molecule has 2 aromatic rings. The van der Waals surface area contributed by atoms with Gasteiger partial charge in [0.05, 0.1) is 4.92 Å². The molecule has 0 radical (unpaired) electrons. The fourth-order valence-corrected chi connectivity index (χ4v) is 2.91.